The lowest BCUT2D eigenvalue weighted by molar-refractivity contribution is 0.256. The maximum absolute atomic E-state index is 9.32. The van der Waals surface area contributed by atoms with Crippen molar-refractivity contribution in [3.8, 4) is 11.5 Å². The molecule has 70 valence electrons. The van der Waals surface area contributed by atoms with Gasteiger partial charge in [-0.1, -0.05) is 0 Å². The van der Waals surface area contributed by atoms with Crippen LogP contribution in [0, 0.1) is 0 Å². The molecule has 3 nitrogen and oxygen atoms in total. The summed E-state index contributed by atoms with van der Waals surface area (Å²) in [5.41, 5.74) is 1.05. The van der Waals surface area contributed by atoms with Crippen LogP contribution in [0.4, 0.5) is 0 Å². The number of hydrogen-bond donors (Lipinski definition) is 2. The molecule has 0 saturated carbocycles. The van der Waals surface area contributed by atoms with Gasteiger partial charge in [-0.2, -0.15) is 0 Å². The third kappa shape index (κ3) is 1.47. The van der Waals surface area contributed by atoms with Gasteiger partial charge in [0.05, 0.1) is 6.61 Å². The lowest BCUT2D eigenvalue weighted by Crippen LogP contribution is -2.23. The van der Waals surface area contributed by atoms with Gasteiger partial charge in [0.1, 0.15) is 11.5 Å². The molecule has 1 aromatic rings. The SMILES string of the molecule is CNC1CCOc2ccc(O)cc21. The van der Waals surface area contributed by atoms with E-state index in [1.54, 1.807) is 12.1 Å². The van der Waals surface area contributed by atoms with Crippen LogP contribution in [0.3, 0.4) is 0 Å². The van der Waals surface area contributed by atoms with Gasteiger partial charge in [-0.25, -0.2) is 0 Å². The van der Waals surface area contributed by atoms with Crippen molar-refractivity contribution in [2.24, 2.45) is 0 Å². The van der Waals surface area contributed by atoms with Crippen molar-refractivity contribution in [3.63, 3.8) is 0 Å². The molecule has 0 spiro atoms. The number of nitrogens with one attached hydrogen (secondary N) is 1. The number of phenolic OH excluding ortho intramolecular Hbond substituents is 1. The molecule has 0 fully saturated rings. The summed E-state index contributed by atoms with van der Waals surface area (Å²) in [6, 6.07) is 5.52. The van der Waals surface area contributed by atoms with Crippen molar-refractivity contribution in [1.82, 2.24) is 5.32 Å². The molecule has 1 aliphatic rings. The van der Waals surface area contributed by atoms with E-state index >= 15 is 0 Å². The average molecular weight is 179 g/mol. The van der Waals surface area contributed by atoms with Crippen LogP contribution in [-0.4, -0.2) is 18.8 Å². The first kappa shape index (κ1) is 8.38. The zero-order valence-corrected chi connectivity index (χ0v) is 7.58. The fourth-order valence-corrected chi connectivity index (χ4v) is 1.68. The van der Waals surface area contributed by atoms with Crippen molar-refractivity contribution in [1.29, 1.82) is 0 Å². The molecule has 1 atom stereocenters. The second kappa shape index (κ2) is 3.26. The second-order valence-electron chi connectivity index (χ2n) is 3.20. The molecule has 1 heterocycles. The van der Waals surface area contributed by atoms with E-state index in [1.807, 2.05) is 13.1 Å². The molecule has 2 rings (SSSR count). The number of rotatable bonds is 1. The minimum absolute atomic E-state index is 0.296. The van der Waals surface area contributed by atoms with Crippen molar-refractivity contribution in [3.05, 3.63) is 23.8 Å². The topological polar surface area (TPSA) is 41.5 Å². The third-order valence-electron chi connectivity index (χ3n) is 2.38. The van der Waals surface area contributed by atoms with Gasteiger partial charge < -0.3 is 15.2 Å². The molecule has 0 radical (unpaired) electrons. The quantitative estimate of drug-likeness (QED) is 0.685. The summed E-state index contributed by atoms with van der Waals surface area (Å²) in [4.78, 5) is 0. The van der Waals surface area contributed by atoms with Crippen LogP contribution in [0.15, 0.2) is 18.2 Å². The zero-order valence-electron chi connectivity index (χ0n) is 7.58. The zero-order chi connectivity index (χ0) is 9.26. The van der Waals surface area contributed by atoms with Crippen LogP contribution in [0.1, 0.15) is 18.0 Å². The summed E-state index contributed by atoms with van der Waals surface area (Å²) in [5, 5.41) is 12.5. The van der Waals surface area contributed by atoms with Crippen molar-refractivity contribution >= 4 is 0 Å². The molecule has 3 heteroatoms. The molecule has 0 saturated heterocycles. The smallest absolute Gasteiger partial charge is 0.124 e. The van der Waals surface area contributed by atoms with Crippen LogP contribution >= 0.6 is 0 Å². The minimum Gasteiger partial charge on any atom is -0.508 e. The molecular weight excluding hydrogens is 166 g/mol. The number of hydrogen-bond acceptors (Lipinski definition) is 3. The van der Waals surface area contributed by atoms with Crippen LogP contribution in [0.2, 0.25) is 0 Å². The Morgan fingerprint density at radius 2 is 2.38 bits per heavy atom. The molecule has 2 N–H and O–H groups in total. The maximum atomic E-state index is 9.32. The third-order valence-corrected chi connectivity index (χ3v) is 2.38. The Kier molecular flexibility index (Phi) is 2.10. The van der Waals surface area contributed by atoms with Crippen LogP contribution in [0.25, 0.3) is 0 Å². The van der Waals surface area contributed by atoms with Gasteiger partial charge in [-0.3, -0.25) is 0 Å². The van der Waals surface area contributed by atoms with Gasteiger partial charge in [0.25, 0.3) is 0 Å². The highest BCUT2D eigenvalue weighted by Crippen LogP contribution is 2.33. The molecule has 0 amide bonds. The highest BCUT2D eigenvalue weighted by atomic mass is 16.5. The Balaban J connectivity index is 2.41. The molecule has 0 bridgehead atoms. The minimum atomic E-state index is 0.296. The van der Waals surface area contributed by atoms with Gasteiger partial charge in [0.2, 0.25) is 0 Å². The Bertz CT molecular complexity index is 312. The van der Waals surface area contributed by atoms with Crippen molar-refractivity contribution in [2.45, 2.75) is 12.5 Å². The lowest BCUT2D eigenvalue weighted by atomic mass is 10.0. The first-order valence-electron chi connectivity index (χ1n) is 4.44. The van der Waals surface area contributed by atoms with E-state index in [9.17, 15) is 5.11 Å². The highest BCUT2D eigenvalue weighted by molar-refractivity contribution is 5.42. The fraction of sp³-hybridized carbons (Fsp3) is 0.400. The molecule has 0 aromatic heterocycles. The van der Waals surface area contributed by atoms with Crippen LogP contribution in [-0.2, 0) is 0 Å². The molecule has 1 aliphatic heterocycles. The van der Waals surface area contributed by atoms with Crippen LogP contribution < -0.4 is 10.1 Å². The van der Waals surface area contributed by atoms with Gasteiger partial charge in [0.15, 0.2) is 0 Å². The van der Waals surface area contributed by atoms with Gasteiger partial charge in [-0.15, -0.1) is 0 Å². The number of benzene rings is 1. The van der Waals surface area contributed by atoms with E-state index in [2.05, 4.69) is 5.32 Å². The van der Waals surface area contributed by atoms with E-state index in [1.165, 1.54) is 0 Å². The Labute approximate surface area is 77.3 Å². The molecule has 13 heavy (non-hydrogen) atoms. The highest BCUT2D eigenvalue weighted by Gasteiger charge is 2.19. The summed E-state index contributed by atoms with van der Waals surface area (Å²) < 4.78 is 5.46. The summed E-state index contributed by atoms with van der Waals surface area (Å²) in [6.45, 7) is 0.739. The first-order chi connectivity index (χ1) is 6.31. The standard InChI is InChI=1S/C10H13NO2/c1-11-9-4-5-13-10-3-2-7(12)6-8(9)10/h2-3,6,9,11-12H,4-5H2,1H3. The molecule has 1 unspecified atom stereocenters. The first-order valence-corrected chi connectivity index (χ1v) is 4.44. The number of ether oxygens (including phenoxy) is 1. The normalized spacial score (nSPS) is 20.5. The Morgan fingerprint density at radius 1 is 1.54 bits per heavy atom. The summed E-state index contributed by atoms with van der Waals surface area (Å²) in [5.74, 6) is 1.17. The van der Waals surface area contributed by atoms with Crippen molar-refractivity contribution < 1.29 is 9.84 Å². The predicted octanol–water partition coefficient (Wildman–Crippen LogP) is 1.44. The lowest BCUT2D eigenvalue weighted by Gasteiger charge is -2.25. The second-order valence-corrected chi connectivity index (χ2v) is 3.20. The van der Waals surface area contributed by atoms with E-state index in [-0.39, 0.29) is 0 Å². The predicted molar refractivity (Wildman–Crippen MR) is 50.0 cm³/mol. The van der Waals surface area contributed by atoms with E-state index in [4.69, 9.17) is 4.74 Å². The van der Waals surface area contributed by atoms with E-state index < -0.39 is 0 Å². The van der Waals surface area contributed by atoms with E-state index in [0.717, 1.165) is 24.3 Å². The molecular formula is C10H13NO2. The summed E-state index contributed by atoms with van der Waals surface area (Å²) in [7, 11) is 1.92. The fourth-order valence-electron chi connectivity index (χ4n) is 1.68. The van der Waals surface area contributed by atoms with Crippen molar-refractivity contribution in [2.75, 3.05) is 13.7 Å². The summed E-state index contributed by atoms with van der Waals surface area (Å²) in [6.07, 6.45) is 0.951. The molecule has 0 aliphatic carbocycles. The molecule has 1 aromatic carbocycles. The largest absolute Gasteiger partial charge is 0.508 e. The van der Waals surface area contributed by atoms with Gasteiger partial charge in [0, 0.05) is 18.0 Å². The monoisotopic (exact) mass is 179 g/mol. The van der Waals surface area contributed by atoms with Crippen LogP contribution in [0.5, 0.6) is 11.5 Å². The van der Waals surface area contributed by atoms with Gasteiger partial charge >= 0.3 is 0 Å². The Morgan fingerprint density at radius 3 is 3.15 bits per heavy atom. The average Bonchev–Trinajstić information content (AvgIpc) is 2.17. The van der Waals surface area contributed by atoms with Gasteiger partial charge in [-0.05, 0) is 25.2 Å². The summed E-state index contributed by atoms with van der Waals surface area (Å²) >= 11 is 0. The maximum Gasteiger partial charge on any atom is 0.124 e. The Hall–Kier alpha value is -1.22. The number of fused-ring (bicyclic) bond motifs is 1. The number of phenols is 1. The van der Waals surface area contributed by atoms with E-state index in [0.29, 0.717) is 11.8 Å². The number of aromatic hydroxyl groups is 1.